The number of nitrogens with one attached hydrogen (secondary N) is 1. The molecule has 1 heterocycles. The van der Waals surface area contributed by atoms with E-state index in [1.807, 2.05) is 42.5 Å². The van der Waals surface area contributed by atoms with Crippen LogP contribution in [-0.4, -0.2) is 51.8 Å². The van der Waals surface area contributed by atoms with Crippen LogP contribution in [0.1, 0.15) is 15.9 Å². The fourth-order valence-corrected chi connectivity index (χ4v) is 2.99. The maximum atomic E-state index is 12.2. The molecule has 0 aromatic heterocycles. The Kier molecular flexibility index (Phi) is 6.57. The summed E-state index contributed by atoms with van der Waals surface area (Å²) in [7, 11) is 1.66. The Labute approximate surface area is 159 Å². The van der Waals surface area contributed by atoms with Crippen LogP contribution < -0.4 is 9.80 Å². The summed E-state index contributed by atoms with van der Waals surface area (Å²) >= 11 is 0. The number of quaternary nitrogens is 1. The van der Waals surface area contributed by atoms with Crippen molar-refractivity contribution in [3.8, 4) is 0 Å². The number of hydrogen-bond acceptors (Lipinski definition) is 4. The van der Waals surface area contributed by atoms with Gasteiger partial charge in [-0.25, -0.2) is 4.79 Å². The van der Waals surface area contributed by atoms with Crippen molar-refractivity contribution in [2.45, 2.75) is 6.54 Å². The lowest BCUT2D eigenvalue weighted by atomic mass is 10.1. The zero-order chi connectivity index (χ0) is 19.1. The summed E-state index contributed by atoms with van der Waals surface area (Å²) in [6.45, 7) is 4.22. The van der Waals surface area contributed by atoms with Crippen LogP contribution in [0.2, 0.25) is 0 Å². The van der Waals surface area contributed by atoms with E-state index in [-0.39, 0.29) is 12.5 Å². The molecule has 0 atom stereocenters. The van der Waals surface area contributed by atoms with Gasteiger partial charge in [-0.2, -0.15) is 0 Å². The van der Waals surface area contributed by atoms with Crippen molar-refractivity contribution >= 4 is 17.6 Å². The first kappa shape index (κ1) is 19.1. The van der Waals surface area contributed by atoms with E-state index in [0.717, 1.165) is 38.5 Å². The minimum atomic E-state index is -0.491. The third-order valence-electron chi connectivity index (χ3n) is 4.69. The highest BCUT2D eigenvalue weighted by atomic mass is 16.5. The second kappa shape index (κ2) is 9.30. The minimum Gasteiger partial charge on any atom is -0.452 e. The van der Waals surface area contributed by atoms with Gasteiger partial charge < -0.3 is 19.3 Å². The molecule has 6 heteroatoms. The lowest BCUT2D eigenvalue weighted by Gasteiger charge is -2.23. The number of amides is 1. The number of carbonyl (C=O) groups excluding carboxylic acids is 2. The molecule has 0 spiro atoms. The van der Waals surface area contributed by atoms with Gasteiger partial charge in [-0.3, -0.25) is 4.79 Å². The second-order valence-corrected chi connectivity index (χ2v) is 6.60. The molecule has 0 bridgehead atoms. The number of carbonyl (C=O) groups is 2. The summed E-state index contributed by atoms with van der Waals surface area (Å²) in [4.78, 5) is 27.3. The van der Waals surface area contributed by atoms with Crippen molar-refractivity contribution in [1.82, 2.24) is 0 Å². The predicted octanol–water partition coefficient (Wildman–Crippen LogP) is 0.922. The Balaban J connectivity index is 1.49. The Morgan fingerprint density at radius 2 is 1.70 bits per heavy atom. The first-order valence-corrected chi connectivity index (χ1v) is 9.12. The van der Waals surface area contributed by atoms with Crippen LogP contribution in [0.25, 0.3) is 0 Å². The fraction of sp³-hybridized carbons (Fsp3) is 0.333. The highest BCUT2D eigenvalue weighted by Crippen LogP contribution is 2.11. The molecule has 27 heavy (non-hydrogen) atoms. The molecule has 1 N–H and O–H groups in total. The largest absolute Gasteiger partial charge is 0.452 e. The van der Waals surface area contributed by atoms with Crippen LogP contribution >= 0.6 is 0 Å². The van der Waals surface area contributed by atoms with Crippen molar-refractivity contribution in [3.05, 3.63) is 65.7 Å². The molecule has 3 rings (SSSR count). The highest BCUT2D eigenvalue weighted by Gasteiger charge is 2.16. The molecule has 1 saturated heterocycles. The first-order valence-electron chi connectivity index (χ1n) is 9.12. The number of esters is 1. The average Bonchev–Trinajstić information content (AvgIpc) is 2.73. The van der Waals surface area contributed by atoms with Crippen molar-refractivity contribution < 1.29 is 24.0 Å². The Morgan fingerprint density at radius 1 is 1.04 bits per heavy atom. The summed E-state index contributed by atoms with van der Waals surface area (Å²) in [6.07, 6.45) is 0. The number of anilines is 1. The van der Waals surface area contributed by atoms with Gasteiger partial charge in [-0.05, 0) is 24.3 Å². The number of nitrogens with zero attached hydrogens (tertiary/aromatic N) is 1. The van der Waals surface area contributed by atoms with E-state index in [1.165, 1.54) is 15.4 Å². The van der Waals surface area contributed by atoms with Crippen LogP contribution in [0.3, 0.4) is 0 Å². The average molecular weight is 369 g/mol. The lowest BCUT2D eigenvalue weighted by Crippen LogP contribution is -3.12. The molecule has 1 aliphatic heterocycles. The summed E-state index contributed by atoms with van der Waals surface area (Å²) < 4.78 is 10.5. The van der Waals surface area contributed by atoms with E-state index < -0.39 is 5.97 Å². The molecule has 0 unspecified atom stereocenters. The molecule has 1 amide bonds. The molecular formula is C21H25N2O4+. The number of hydrogen-bond donors (Lipinski definition) is 1. The van der Waals surface area contributed by atoms with Gasteiger partial charge >= 0.3 is 5.97 Å². The van der Waals surface area contributed by atoms with Crippen molar-refractivity contribution in [2.75, 3.05) is 44.9 Å². The highest BCUT2D eigenvalue weighted by molar-refractivity contribution is 5.96. The second-order valence-electron chi connectivity index (χ2n) is 6.60. The van der Waals surface area contributed by atoms with Crippen LogP contribution in [0.5, 0.6) is 0 Å². The van der Waals surface area contributed by atoms with E-state index in [9.17, 15) is 9.59 Å². The van der Waals surface area contributed by atoms with Gasteiger partial charge in [0.05, 0.1) is 18.8 Å². The topological polar surface area (TPSA) is 60.3 Å². The van der Waals surface area contributed by atoms with Gasteiger partial charge in [0, 0.05) is 18.3 Å². The fourth-order valence-electron chi connectivity index (χ4n) is 2.99. The van der Waals surface area contributed by atoms with E-state index in [2.05, 4.69) is 0 Å². The van der Waals surface area contributed by atoms with Crippen LogP contribution in [-0.2, 0) is 20.8 Å². The van der Waals surface area contributed by atoms with E-state index in [0.29, 0.717) is 5.56 Å². The maximum Gasteiger partial charge on any atom is 0.338 e. The van der Waals surface area contributed by atoms with E-state index >= 15 is 0 Å². The zero-order valence-corrected chi connectivity index (χ0v) is 15.5. The quantitative estimate of drug-likeness (QED) is 0.770. The Bertz CT molecular complexity index is 756. The molecule has 0 aliphatic carbocycles. The summed E-state index contributed by atoms with van der Waals surface area (Å²) in [5.74, 6) is -0.767. The van der Waals surface area contributed by atoms with Crippen LogP contribution in [0.4, 0.5) is 5.69 Å². The molecular weight excluding hydrogens is 344 g/mol. The summed E-state index contributed by atoms with van der Waals surface area (Å²) in [5.41, 5.74) is 2.38. The summed E-state index contributed by atoms with van der Waals surface area (Å²) in [6, 6.07) is 16.6. The number of ether oxygens (including phenoxy) is 2. The predicted molar refractivity (Wildman–Crippen MR) is 102 cm³/mol. The summed E-state index contributed by atoms with van der Waals surface area (Å²) in [5, 5.41) is 0. The lowest BCUT2D eigenvalue weighted by molar-refractivity contribution is -0.921. The Hall–Kier alpha value is -2.70. The molecule has 1 aliphatic rings. The standard InChI is InChI=1S/C21H24N2O4/c1-22(19-5-3-2-4-6-19)20(24)16-27-21(25)18-9-7-17(8-10-18)15-23-11-13-26-14-12-23/h2-10H,11-16H2,1H3/p+1. The van der Waals surface area contributed by atoms with Crippen molar-refractivity contribution in [2.24, 2.45) is 0 Å². The maximum absolute atomic E-state index is 12.2. The molecule has 2 aromatic rings. The normalized spacial score (nSPS) is 14.6. The molecule has 2 aromatic carbocycles. The van der Waals surface area contributed by atoms with Gasteiger partial charge in [0.1, 0.15) is 19.6 Å². The van der Waals surface area contributed by atoms with Crippen molar-refractivity contribution in [1.29, 1.82) is 0 Å². The van der Waals surface area contributed by atoms with Gasteiger partial charge in [0.15, 0.2) is 6.61 Å². The molecule has 0 radical (unpaired) electrons. The molecule has 0 saturated carbocycles. The number of benzene rings is 2. The SMILES string of the molecule is CN(C(=O)COC(=O)c1ccc(C[NH+]2CCOCC2)cc1)c1ccccc1. The third-order valence-corrected chi connectivity index (χ3v) is 4.69. The van der Waals surface area contributed by atoms with Gasteiger partial charge in [0.2, 0.25) is 0 Å². The minimum absolute atomic E-state index is 0.276. The van der Waals surface area contributed by atoms with Gasteiger partial charge in [-0.1, -0.05) is 30.3 Å². The van der Waals surface area contributed by atoms with E-state index in [1.54, 1.807) is 19.2 Å². The van der Waals surface area contributed by atoms with Gasteiger partial charge in [0.25, 0.3) is 5.91 Å². The number of morpholine rings is 1. The van der Waals surface area contributed by atoms with E-state index in [4.69, 9.17) is 9.47 Å². The van der Waals surface area contributed by atoms with Gasteiger partial charge in [-0.15, -0.1) is 0 Å². The third kappa shape index (κ3) is 5.39. The molecule has 1 fully saturated rings. The first-order chi connectivity index (χ1) is 13.1. The number of para-hydroxylation sites is 1. The molecule has 6 nitrogen and oxygen atoms in total. The van der Waals surface area contributed by atoms with Crippen LogP contribution in [0.15, 0.2) is 54.6 Å². The van der Waals surface area contributed by atoms with Crippen molar-refractivity contribution in [3.63, 3.8) is 0 Å². The smallest absolute Gasteiger partial charge is 0.338 e. The molecule has 142 valence electrons. The van der Waals surface area contributed by atoms with Crippen LogP contribution in [0, 0.1) is 0 Å². The number of likely N-dealkylation sites (N-methyl/N-ethyl adjacent to an activating group) is 1. The zero-order valence-electron chi connectivity index (χ0n) is 15.5. The monoisotopic (exact) mass is 369 g/mol. The number of rotatable bonds is 6. The Morgan fingerprint density at radius 3 is 2.37 bits per heavy atom.